The van der Waals surface area contributed by atoms with Crippen LogP contribution in [0.15, 0.2) is 187 Å². The lowest BCUT2D eigenvalue weighted by molar-refractivity contribution is 0.664. The van der Waals surface area contributed by atoms with E-state index in [-0.39, 0.29) is 5.41 Å². The monoisotopic (exact) mass is 848 g/mol. The maximum absolute atomic E-state index is 4.35. The minimum Gasteiger partial charge on any atom is -0.344 e. The number of nitrogens with zero attached hydrogens (tertiary/aromatic N) is 2. The predicted octanol–water partition coefficient (Wildman–Crippen LogP) is 15.9. The lowest BCUT2D eigenvalue weighted by Crippen LogP contribution is -2.21. The first-order valence-corrected chi connectivity index (χ1v) is 24.2. The minimum absolute atomic E-state index is 0.138. The molecule has 4 unspecified atom stereocenters. The summed E-state index contributed by atoms with van der Waals surface area (Å²) in [5.74, 6) is 2.04. The molecule has 318 valence electrons. The van der Waals surface area contributed by atoms with Crippen LogP contribution in [0.5, 0.6) is 0 Å². The SMILES string of the molecule is C=C1C=CC=C2C=Cc3ccc(N(c4ccccc4)c4ccc5c(c4)Cc4cc(C(=CC6=CC7CC7C=C6)CC67CC6C=C6CC=C8CC=Cc9ccc7c6c98)ccc4N5C)c(c3C2)C=C1. The molecule has 5 aromatic rings. The summed E-state index contributed by atoms with van der Waals surface area (Å²) in [6, 6.07) is 35.0. The molecule has 66 heavy (non-hydrogen) atoms. The van der Waals surface area contributed by atoms with Crippen molar-refractivity contribution in [3.05, 3.63) is 243 Å². The highest BCUT2D eigenvalue weighted by Crippen LogP contribution is 2.66. The Morgan fingerprint density at radius 2 is 1.64 bits per heavy atom. The third kappa shape index (κ3) is 6.07. The number of anilines is 5. The van der Waals surface area contributed by atoms with Gasteiger partial charge in [0, 0.05) is 47.2 Å². The van der Waals surface area contributed by atoms with Crippen LogP contribution in [0.4, 0.5) is 28.4 Å². The van der Waals surface area contributed by atoms with E-state index in [2.05, 4.69) is 206 Å². The Hall–Kier alpha value is -7.16. The van der Waals surface area contributed by atoms with Gasteiger partial charge >= 0.3 is 0 Å². The van der Waals surface area contributed by atoms with Gasteiger partial charge in [-0.2, -0.15) is 0 Å². The van der Waals surface area contributed by atoms with Crippen molar-refractivity contribution < 1.29 is 0 Å². The summed E-state index contributed by atoms with van der Waals surface area (Å²) in [7, 11) is 2.25. The zero-order valence-electron chi connectivity index (χ0n) is 37.6. The summed E-state index contributed by atoms with van der Waals surface area (Å²) < 4.78 is 0. The number of fused-ring (bicyclic) bond motifs is 6. The van der Waals surface area contributed by atoms with Crippen LogP contribution in [0.2, 0.25) is 0 Å². The Labute approximate surface area is 389 Å². The van der Waals surface area contributed by atoms with E-state index < -0.39 is 0 Å². The molecule has 0 aromatic heterocycles. The zero-order chi connectivity index (χ0) is 43.7. The van der Waals surface area contributed by atoms with Crippen LogP contribution in [-0.2, 0) is 18.3 Å². The van der Waals surface area contributed by atoms with Gasteiger partial charge in [-0.15, -0.1) is 0 Å². The average Bonchev–Trinajstić information content (AvgIpc) is 4.28. The lowest BCUT2D eigenvalue weighted by Gasteiger charge is -2.34. The molecule has 14 rings (SSSR count). The largest absolute Gasteiger partial charge is 0.344 e. The van der Waals surface area contributed by atoms with E-state index in [1.54, 1.807) is 16.7 Å². The van der Waals surface area contributed by atoms with Crippen molar-refractivity contribution in [2.24, 2.45) is 17.8 Å². The van der Waals surface area contributed by atoms with Crippen LogP contribution in [-0.4, -0.2) is 7.05 Å². The van der Waals surface area contributed by atoms with Gasteiger partial charge in [0.05, 0.1) is 5.69 Å². The molecular weight excluding hydrogens is 797 g/mol. The molecule has 0 N–H and O–H groups in total. The van der Waals surface area contributed by atoms with Crippen molar-refractivity contribution in [2.45, 2.75) is 50.4 Å². The van der Waals surface area contributed by atoms with E-state index in [9.17, 15) is 0 Å². The van der Waals surface area contributed by atoms with Gasteiger partial charge in [0.15, 0.2) is 0 Å². The first kappa shape index (κ1) is 38.1. The summed E-state index contributed by atoms with van der Waals surface area (Å²) in [5, 5.41) is 0. The number of hydrogen-bond donors (Lipinski definition) is 0. The van der Waals surface area contributed by atoms with Crippen LogP contribution >= 0.6 is 0 Å². The Morgan fingerprint density at radius 1 is 0.758 bits per heavy atom. The third-order valence-corrected chi connectivity index (χ3v) is 16.3. The van der Waals surface area contributed by atoms with Gasteiger partial charge in [-0.05, 0) is 188 Å². The normalized spacial score (nSPS) is 23.9. The second-order valence-corrected chi connectivity index (χ2v) is 20.2. The lowest BCUT2D eigenvalue weighted by atomic mass is 9.70. The zero-order valence-corrected chi connectivity index (χ0v) is 37.6. The van der Waals surface area contributed by atoms with Gasteiger partial charge in [-0.25, -0.2) is 0 Å². The van der Waals surface area contributed by atoms with E-state index in [1.807, 2.05) is 0 Å². The Balaban J connectivity index is 0.856. The van der Waals surface area contributed by atoms with Crippen LogP contribution in [0, 0.1) is 17.8 Å². The highest BCUT2D eigenvalue weighted by molar-refractivity contribution is 5.95. The smallest absolute Gasteiger partial charge is 0.0537 e. The van der Waals surface area contributed by atoms with Gasteiger partial charge < -0.3 is 9.80 Å². The summed E-state index contributed by atoms with van der Waals surface area (Å²) >= 11 is 0. The average molecular weight is 849 g/mol. The predicted molar refractivity (Wildman–Crippen MR) is 278 cm³/mol. The molecule has 2 heteroatoms. The van der Waals surface area contributed by atoms with Crippen LogP contribution in [0.25, 0.3) is 34.9 Å². The molecule has 0 saturated heterocycles. The van der Waals surface area contributed by atoms with Gasteiger partial charge in [0.1, 0.15) is 0 Å². The molecule has 2 fully saturated rings. The fourth-order valence-corrected chi connectivity index (χ4v) is 12.7. The summed E-state index contributed by atoms with van der Waals surface area (Å²) in [6.07, 6.45) is 42.8. The molecule has 4 atom stereocenters. The van der Waals surface area contributed by atoms with Gasteiger partial charge in [0.2, 0.25) is 0 Å². The van der Waals surface area contributed by atoms with Crippen molar-refractivity contribution in [2.75, 3.05) is 16.8 Å². The topological polar surface area (TPSA) is 6.48 Å². The quantitative estimate of drug-likeness (QED) is 0.161. The standard InChI is InChI=1S/C64H52N2/c1-40-8-6-9-41-15-17-43-22-28-61(56(25-14-40)57(43)32-41)66(54-12-4-3-5-13-54)55-24-29-60-51(37-55)35-50-34-47(23-27-59(50)65(60)2)52(31-42-16-18-46-33-49(46)30-42)38-64-39-53(64)36-48-20-19-44-10-7-11-45-21-26-58(64)63(48)62(44)45/h3-9,11-19,21-31,34,36-37,46,49,53H,1,10,20,32-33,35,38-39H2,2H3. The van der Waals surface area contributed by atoms with E-state index in [0.29, 0.717) is 11.8 Å². The van der Waals surface area contributed by atoms with Crippen molar-refractivity contribution >= 4 is 63.4 Å². The number of hydrogen-bond acceptors (Lipinski definition) is 2. The summed E-state index contributed by atoms with van der Waals surface area (Å²) in [5.41, 5.74) is 28.5. The second kappa shape index (κ2) is 14.4. The molecular formula is C64H52N2. The number of rotatable bonds is 7. The maximum atomic E-state index is 4.35. The van der Waals surface area contributed by atoms with E-state index in [0.717, 1.165) is 55.0 Å². The molecule has 2 bridgehead atoms. The fourth-order valence-electron chi connectivity index (χ4n) is 12.7. The van der Waals surface area contributed by atoms with Gasteiger partial charge in [0.25, 0.3) is 0 Å². The van der Waals surface area contributed by atoms with E-state index in [1.165, 1.54) is 96.7 Å². The maximum Gasteiger partial charge on any atom is 0.0537 e. The van der Waals surface area contributed by atoms with E-state index in [4.69, 9.17) is 0 Å². The molecule has 0 spiro atoms. The Bertz CT molecular complexity index is 3330. The molecule has 5 aromatic carbocycles. The molecule has 9 aliphatic rings. The highest BCUT2D eigenvalue weighted by Gasteiger charge is 2.58. The minimum atomic E-state index is 0.138. The number of para-hydroxylation sites is 1. The molecule has 8 aliphatic carbocycles. The van der Waals surface area contributed by atoms with Gasteiger partial charge in [-0.3, -0.25) is 0 Å². The molecule has 1 heterocycles. The van der Waals surface area contributed by atoms with Crippen molar-refractivity contribution in [3.8, 4) is 0 Å². The second-order valence-electron chi connectivity index (χ2n) is 20.2. The van der Waals surface area contributed by atoms with Crippen molar-refractivity contribution in [1.82, 2.24) is 0 Å². The first-order valence-electron chi connectivity index (χ1n) is 24.2. The van der Waals surface area contributed by atoms with E-state index >= 15 is 0 Å². The molecule has 0 radical (unpaired) electrons. The number of allylic oxidation sites excluding steroid dienone is 18. The summed E-state index contributed by atoms with van der Waals surface area (Å²) in [6.45, 7) is 4.35. The fraction of sp³-hybridized carbons (Fsp3) is 0.188. The molecule has 2 saturated carbocycles. The Morgan fingerprint density at radius 3 is 2.55 bits per heavy atom. The van der Waals surface area contributed by atoms with Crippen LogP contribution < -0.4 is 9.80 Å². The van der Waals surface area contributed by atoms with Crippen molar-refractivity contribution in [3.63, 3.8) is 0 Å². The highest BCUT2D eigenvalue weighted by atomic mass is 15.2. The molecule has 0 amide bonds. The van der Waals surface area contributed by atoms with Crippen LogP contribution in [0.1, 0.15) is 87.7 Å². The summed E-state index contributed by atoms with van der Waals surface area (Å²) in [4.78, 5) is 4.89. The first-order chi connectivity index (χ1) is 32.4. The van der Waals surface area contributed by atoms with Gasteiger partial charge in [-0.1, -0.05) is 140 Å². The molecule has 2 nitrogen and oxygen atoms in total. The Kier molecular flexibility index (Phi) is 8.33. The molecule has 1 aliphatic heterocycles. The van der Waals surface area contributed by atoms with Crippen molar-refractivity contribution in [1.29, 1.82) is 0 Å². The third-order valence-electron chi connectivity index (χ3n) is 16.3. The van der Waals surface area contributed by atoms with Crippen LogP contribution in [0.3, 0.4) is 0 Å². The number of benzene rings is 5.